The van der Waals surface area contributed by atoms with E-state index in [4.69, 9.17) is 5.73 Å². The van der Waals surface area contributed by atoms with Gasteiger partial charge in [0.05, 0.1) is 0 Å². The molecule has 2 aliphatic heterocycles. The van der Waals surface area contributed by atoms with Crippen molar-refractivity contribution < 1.29 is 8.42 Å². The molecule has 2 atom stereocenters. The van der Waals surface area contributed by atoms with Gasteiger partial charge in [-0.2, -0.15) is 17.0 Å². The number of piperidine rings is 2. The van der Waals surface area contributed by atoms with Gasteiger partial charge in [0.1, 0.15) is 0 Å². The third-order valence-electron chi connectivity index (χ3n) is 4.13. The molecule has 2 N–H and O–H groups in total. The monoisotopic (exact) mass is 275 g/mol. The summed E-state index contributed by atoms with van der Waals surface area (Å²) in [5, 5.41) is 0. The van der Waals surface area contributed by atoms with Crippen molar-refractivity contribution in [3.05, 3.63) is 0 Å². The summed E-state index contributed by atoms with van der Waals surface area (Å²) < 4.78 is 28.5. The molecule has 2 rings (SSSR count). The fourth-order valence-corrected chi connectivity index (χ4v) is 4.89. The highest BCUT2D eigenvalue weighted by Gasteiger charge is 2.37. The first kappa shape index (κ1) is 14.2. The van der Waals surface area contributed by atoms with E-state index in [9.17, 15) is 8.42 Å². The van der Waals surface area contributed by atoms with Crippen LogP contribution in [0.5, 0.6) is 0 Å². The second-order valence-electron chi connectivity index (χ2n) is 5.60. The average Bonchev–Trinajstić information content (AvgIpc) is 2.39. The molecule has 6 heteroatoms. The van der Waals surface area contributed by atoms with Gasteiger partial charge in [-0.3, -0.25) is 0 Å². The highest BCUT2D eigenvalue weighted by Crippen LogP contribution is 2.27. The summed E-state index contributed by atoms with van der Waals surface area (Å²) in [5.41, 5.74) is 5.76. The van der Waals surface area contributed by atoms with Crippen molar-refractivity contribution in [3.8, 4) is 0 Å². The molecule has 0 aromatic carbocycles. The zero-order valence-electron chi connectivity index (χ0n) is 11.2. The predicted octanol–water partition coefficient (Wildman–Crippen LogP) is 0.776. The van der Waals surface area contributed by atoms with Gasteiger partial charge >= 0.3 is 0 Å². The van der Waals surface area contributed by atoms with Crippen LogP contribution in [0.4, 0.5) is 0 Å². The summed E-state index contributed by atoms with van der Waals surface area (Å²) >= 11 is 0. The van der Waals surface area contributed by atoms with Gasteiger partial charge in [0, 0.05) is 32.2 Å². The second kappa shape index (κ2) is 5.86. The fourth-order valence-electron chi connectivity index (χ4n) is 2.99. The topological polar surface area (TPSA) is 66.6 Å². The molecule has 0 aromatic rings. The fraction of sp³-hybridized carbons (Fsp3) is 1.00. The standard InChI is InChI=1S/C12H25N3O2S/c1-11-5-8-15(12(9-11)10-13)18(16,17)14-6-3-2-4-7-14/h11-12H,2-10,13H2,1H3. The highest BCUT2D eigenvalue weighted by atomic mass is 32.2. The summed E-state index contributed by atoms with van der Waals surface area (Å²) in [7, 11) is -3.28. The molecule has 5 nitrogen and oxygen atoms in total. The van der Waals surface area contributed by atoms with E-state index in [0.717, 1.165) is 32.1 Å². The van der Waals surface area contributed by atoms with Crippen LogP contribution < -0.4 is 5.73 Å². The Labute approximate surface area is 110 Å². The van der Waals surface area contributed by atoms with Crippen molar-refractivity contribution in [1.29, 1.82) is 0 Å². The maximum Gasteiger partial charge on any atom is 0.282 e. The highest BCUT2D eigenvalue weighted by molar-refractivity contribution is 7.86. The van der Waals surface area contributed by atoms with E-state index in [1.54, 1.807) is 8.61 Å². The molecule has 0 aromatic heterocycles. The summed E-state index contributed by atoms with van der Waals surface area (Å²) in [6.07, 6.45) is 4.95. The lowest BCUT2D eigenvalue weighted by atomic mass is 9.94. The van der Waals surface area contributed by atoms with Crippen LogP contribution in [-0.2, 0) is 10.2 Å². The van der Waals surface area contributed by atoms with Crippen LogP contribution in [0.2, 0.25) is 0 Å². The molecule has 2 aliphatic rings. The van der Waals surface area contributed by atoms with Crippen molar-refractivity contribution in [2.45, 2.75) is 45.1 Å². The number of hydrogen-bond donors (Lipinski definition) is 1. The van der Waals surface area contributed by atoms with Crippen LogP contribution in [0.3, 0.4) is 0 Å². The van der Waals surface area contributed by atoms with Gasteiger partial charge in [-0.05, 0) is 31.6 Å². The molecule has 0 amide bonds. The predicted molar refractivity (Wildman–Crippen MR) is 72.3 cm³/mol. The van der Waals surface area contributed by atoms with Crippen molar-refractivity contribution in [2.75, 3.05) is 26.2 Å². The van der Waals surface area contributed by atoms with Crippen molar-refractivity contribution in [1.82, 2.24) is 8.61 Å². The van der Waals surface area contributed by atoms with Gasteiger partial charge in [-0.1, -0.05) is 13.3 Å². The maximum atomic E-state index is 12.6. The van der Waals surface area contributed by atoms with Crippen molar-refractivity contribution in [3.63, 3.8) is 0 Å². The van der Waals surface area contributed by atoms with Crippen molar-refractivity contribution >= 4 is 10.2 Å². The Hall–Kier alpha value is -0.170. The Morgan fingerprint density at radius 1 is 1.17 bits per heavy atom. The van der Waals surface area contributed by atoms with Gasteiger partial charge in [-0.25, -0.2) is 0 Å². The summed E-state index contributed by atoms with van der Waals surface area (Å²) in [6.45, 7) is 4.57. The lowest BCUT2D eigenvalue weighted by Gasteiger charge is -2.40. The Kier molecular flexibility index (Phi) is 4.64. The summed E-state index contributed by atoms with van der Waals surface area (Å²) in [5.74, 6) is 0.575. The van der Waals surface area contributed by atoms with E-state index < -0.39 is 10.2 Å². The molecule has 0 aliphatic carbocycles. The van der Waals surface area contributed by atoms with E-state index in [1.807, 2.05) is 0 Å². The van der Waals surface area contributed by atoms with E-state index in [-0.39, 0.29) is 6.04 Å². The number of nitrogens with two attached hydrogens (primary N) is 1. The molecule has 2 saturated heterocycles. The first-order chi connectivity index (χ1) is 8.55. The SMILES string of the molecule is CC1CCN(S(=O)(=O)N2CCCCC2)C(CN)C1. The van der Waals surface area contributed by atoms with Gasteiger partial charge in [-0.15, -0.1) is 0 Å². The number of hydrogen-bond acceptors (Lipinski definition) is 3. The minimum absolute atomic E-state index is 0.0133. The molecule has 2 unspecified atom stereocenters. The zero-order chi connectivity index (χ0) is 13.2. The maximum absolute atomic E-state index is 12.6. The molecule has 18 heavy (non-hydrogen) atoms. The van der Waals surface area contributed by atoms with Crippen LogP contribution in [0.25, 0.3) is 0 Å². The molecular formula is C12H25N3O2S. The van der Waals surface area contributed by atoms with E-state index >= 15 is 0 Å². The van der Waals surface area contributed by atoms with E-state index in [2.05, 4.69) is 6.92 Å². The molecular weight excluding hydrogens is 250 g/mol. The van der Waals surface area contributed by atoms with Crippen LogP contribution in [0, 0.1) is 5.92 Å². The van der Waals surface area contributed by atoms with Gasteiger partial charge in [0.25, 0.3) is 10.2 Å². The molecule has 0 saturated carbocycles. The largest absolute Gasteiger partial charge is 0.329 e. The third kappa shape index (κ3) is 2.87. The normalized spacial score (nSPS) is 32.6. The van der Waals surface area contributed by atoms with Crippen LogP contribution in [0.1, 0.15) is 39.0 Å². The molecule has 2 fully saturated rings. The first-order valence-electron chi connectivity index (χ1n) is 7.02. The number of rotatable bonds is 3. The lowest BCUT2D eigenvalue weighted by Crippen LogP contribution is -2.54. The van der Waals surface area contributed by atoms with Crippen LogP contribution in [-0.4, -0.2) is 49.2 Å². The quantitative estimate of drug-likeness (QED) is 0.827. The molecule has 0 spiro atoms. The Bertz CT molecular complexity index is 366. The molecule has 106 valence electrons. The Balaban J connectivity index is 2.12. The lowest BCUT2D eigenvalue weighted by molar-refractivity contribution is 0.192. The Morgan fingerprint density at radius 2 is 1.83 bits per heavy atom. The average molecular weight is 275 g/mol. The van der Waals surface area contributed by atoms with Crippen molar-refractivity contribution in [2.24, 2.45) is 11.7 Å². The van der Waals surface area contributed by atoms with Gasteiger partial charge in [0.15, 0.2) is 0 Å². The molecule has 2 heterocycles. The van der Waals surface area contributed by atoms with E-state index in [0.29, 0.717) is 32.1 Å². The Morgan fingerprint density at radius 3 is 2.44 bits per heavy atom. The first-order valence-corrected chi connectivity index (χ1v) is 8.42. The summed E-state index contributed by atoms with van der Waals surface area (Å²) in [4.78, 5) is 0. The number of nitrogens with zero attached hydrogens (tertiary/aromatic N) is 2. The smallest absolute Gasteiger partial charge is 0.282 e. The van der Waals surface area contributed by atoms with Crippen LogP contribution in [0.15, 0.2) is 0 Å². The second-order valence-corrected chi connectivity index (χ2v) is 7.48. The van der Waals surface area contributed by atoms with E-state index in [1.165, 1.54) is 0 Å². The minimum Gasteiger partial charge on any atom is -0.329 e. The zero-order valence-corrected chi connectivity index (χ0v) is 12.0. The van der Waals surface area contributed by atoms with Gasteiger partial charge < -0.3 is 5.73 Å². The molecule has 0 bridgehead atoms. The van der Waals surface area contributed by atoms with Gasteiger partial charge in [0.2, 0.25) is 0 Å². The minimum atomic E-state index is -3.28. The third-order valence-corrected chi connectivity index (χ3v) is 6.22. The van der Waals surface area contributed by atoms with Crippen LogP contribution >= 0.6 is 0 Å². The molecule has 0 radical (unpaired) electrons. The summed E-state index contributed by atoms with van der Waals surface area (Å²) in [6, 6.07) is -0.0133.